The van der Waals surface area contributed by atoms with Crippen LogP contribution in [0.3, 0.4) is 0 Å². The molecular weight excluding hydrogens is 168 g/mol. The lowest BCUT2D eigenvalue weighted by Gasteiger charge is -2.16. The van der Waals surface area contributed by atoms with E-state index in [1.165, 1.54) is 0 Å². The largest absolute Gasteiger partial charge is 0.394 e. The fourth-order valence-electron chi connectivity index (χ4n) is 1.40. The van der Waals surface area contributed by atoms with Crippen LogP contribution in [0, 0.1) is 0 Å². The van der Waals surface area contributed by atoms with Gasteiger partial charge in [0.2, 0.25) is 0 Å². The number of rotatable bonds is 2. The Morgan fingerprint density at radius 2 is 1.77 bits per heavy atom. The van der Waals surface area contributed by atoms with Crippen LogP contribution < -0.4 is 10.6 Å². The quantitative estimate of drug-likeness (QED) is 0.525. The monoisotopic (exact) mass is 180 g/mol. The molecule has 0 radical (unpaired) electrons. The molecule has 0 spiro atoms. The van der Waals surface area contributed by atoms with Gasteiger partial charge in [-0.1, -0.05) is 12.1 Å². The van der Waals surface area contributed by atoms with Crippen LogP contribution in [0.15, 0.2) is 24.3 Å². The van der Waals surface area contributed by atoms with Crippen molar-refractivity contribution in [3.8, 4) is 0 Å². The first-order valence-electron chi connectivity index (χ1n) is 4.22. The summed E-state index contributed by atoms with van der Waals surface area (Å²) in [6, 6.07) is 7.68. The third-order valence-corrected chi connectivity index (χ3v) is 2.12. The maximum atomic E-state index is 9.35. The Morgan fingerprint density at radius 1 is 1.23 bits per heavy atom. The molecule has 70 valence electrons. The number of hydrogen-bond acceptors (Lipinski definition) is 4. The summed E-state index contributed by atoms with van der Waals surface area (Å²) in [6.07, 6.45) is -1.07. The second kappa shape index (κ2) is 3.24. The summed E-state index contributed by atoms with van der Waals surface area (Å²) in [5.41, 5.74) is 1.92. The Balaban J connectivity index is 2.14. The zero-order valence-electron chi connectivity index (χ0n) is 7.07. The molecule has 1 heterocycles. The van der Waals surface area contributed by atoms with Crippen molar-refractivity contribution in [2.45, 2.75) is 12.3 Å². The summed E-state index contributed by atoms with van der Waals surface area (Å²) < 4.78 is 0. The Kier molecular flexibility index (Phi) is 2.08. The smallest absolute Gasteiger partial charge is 0.126 e. The first-order chi connectivity index (χ1) is 6.31. The molecular formula is C9H12N2O2. The van der Waals surface area contributed by atoms with Gasteiger partial charge in [0.05, 0.1) is 18.0 Å². The molecule has 1 aromatic carbocycles. The maximum absolute atomic E-state index is 9.35. The second-order valence-corrected chi connectivity index (χ2v) is 3.06. The Morgan fingerprint density at radius 3 is 2.23 bits per heavy atom. The van der Waals surface area contributed by atoms with Crippen molar-refractivity contribution in [2.24, 2.45) is 0 Å². The molecule has 0 aromatic heterocycles. The average molecular weight is 180 g/mol. The first kappa shape index (κ1) is 8.34. The molecule has 0 fully saturated rings. The van der Waals surface area contributed by atoms with Crippen LogP contribution in [-0.4, -0.2) is 29.1 Å². The van der Waals surface area contributed by atoms with Gasteiger partial charge in [0.25, 0.3) is 0 Å². The van der Waals surface area contributed by atoms with E-state index in [9.17, 15) is 5.11 Å². The van der Waals surface area contributed by atoms with Gasteiger partial charge in [-0.05, 0) is 12.1 Å². The number of para-hydroxylation sites is 2. The third kappa shape index (κ3) is 1.46. The van der Waals surface area contributed by atoms with Crippen LogP contribution in [0.5, 0.6) is 0 Å². The maximum Gasteiger partial charge on any atom is 0.126 e. The lowest BCUT2D eigenvalue weighted by molar-refractivity contribution is 0.0869. The first-order valence-corrected chi connectivity index (χ1v) is 4.22. The van der Waals surface area contributed by atoms with E-state index in [0.29, 0.717) is 0 Å². The molecule has 1 aromatic rings. The highest BCUT2D eigenvalue weighted by Gasteiger charge is 2.24. The van der Waals surface area contributed by atoms with Gasteiger partial charge in [-0.3, -0.25) is 0 Å². The highest BCUT2D eigenvalue weighted by Crippen LogP contribution is 2.28. The van der Waals surface area contributed by atoms with Crippen molar-refractivity contribution in [1.82, 2.24) is 0 Å². The van der Waals surface area contributed by atoms with Crippen molar-refractivity contribution < 1.29 is 10.2 Å². The average Bonchev–Trinajstić information content (AvgIpc) is 2.59. The van der Waals surface area contributed by atoms with Crippen molar-refractivity contribution in [1.29, 1.82) is 0 Å². The van der Waals surface area contributed by atoms with Gasteiger partial charge >= 0.3 is 0 Å². The molecule has 1 unspecified atom stereocenters. The molecule has 4 N–H and O–H groups in total. The molecule has 2 rings (SSSR count). The SMILES string of the molecule is OCC(O)C1Nc2ccccc2N1. The van der Waals surface area contributed by atoms with Gasteiger partial charge in [0.15, 0.2) is 0 Å². The van der Waals surface area contributed by atoms with E-state index in [4.69, 9.17) is 5.11 Å². The molecule has 0 bridgehead atoms. The number of anilines is 2. The van der Waals surface area contributed by atoms with E-state index in [0.717, 1.165) is 11.4 Å². The number of nitrogens with one attached hydrogen (secondary N) is 2. The molecule has 4 heteroatoms. The van der Waals surface area contributed by atoms with Crippen LogP contribution in [0.4, 0.5) is 11.4 Å². The summed E-state index contributed by atoms with van der Waals surface area (Å²) in [5, 5.41) is 24.2. The van der Waals surface area contributed by atoms with E-state index >= 15 is 0 Å². The van der Waals surface area contributed by atoms with Crippen LogP contribution in [0.2, 0.25) is 0 Å². The topological polar surface area (TPSA) is 64.5 Å². The van der Waals surface area contributed by atoms with Gasteiger partial charge in [-0.15, -0.1) is 0 Å². The zero-order chi connectivity index (χ0) is 9.26. The predicted molar refractivity (Wildman–Crippen MR) is 50.6 cm³/mol. The van der Waals surface area contributed by atoms with Crippen molar-refractivity contribution >= 4 is 11.4 Å². The summed E-state index contributed by atoms with van der Waals surface area (Å²) >= 11 is 0. The van der Waals surface area contributed by atoms with E-state index in [1.807, 2.05) is 24.3 Å². The van der Waals surface area contributed by atoms with Gasteiger partial charge in [0, 0.05) is 0 Å². The van der Waals surface area contributed by atoms with Crippen molar-refractivity contribution in [3.05, 3.63) is 24.3 Å². The predicted octanol–water partition coefficient (Wildman–Crippen LogP) is 0.203. The van der Waals surface area contributed by atoms with Crippen molar-refractivity contribution in [3.63, 3.8) is 0 Å². The number of aliphatic hydroxyl groups is 2. The fraction of sp³-hybridized carbons (Fsp3) is 0.333. The lowest BCUT2D eigenvalue weighted by atomic mass is 10.3. The molecule has 4 nitrogen and oxygen atoms in total. The standard InChI is InChI=1S/C9H12N2O2/c12-5-8(13)9-10-6-3-1-2-4-7(6)11-9/h1-4,8-13H,5H2. The van der Waals surface area contributed by atoms with E-state index in [2.05, 4.69) is 10.6 Å². The second-order valence-electron chi connectivity index (χ2n) is 3.06. The van der Waals surface area contributed by atoms with Crippen LogP contribution in [0.1, 0.15) is 0 Å². The van der Waals surface area contributed by atoms with Gasteiger partial charge < -0.3 is 20.8 Å². The Hall–Kier alpha value is -1.26. The Bertz CT molecular complexity index is 278. The third-order valence-electron chi connectivity index (χ3n) is 2.12. The molecule has 1 atom stereocenters. The zero-order valence-corrected chi connectivity index (χ0v) is 7.07. The molecule has 13 heavy (non-hydrogen) atoms. The summed E-state index contributed by atoms with van der Waals surface area (Å²) in [4.78, 5) is 0. The summed E-state index contributed by atoms with van der Waals surface area (Å²) in [7, 11) is 0. The molecule has 0 saturated heterocycles. The minimum Gasteiger partial charge on any atom is -0.394 e. The minimum absolute atomic E-state index is 0.251. The lowest BCUT2D eigenvalue weighted by Crippen LogP contribution is -2.38. The van der Waals surface area contributed by atoms with E-state index < -0.39 is 6.10 Å². The highest BCUT2D eigenvalue weighted by molar-refractivity contribution is 5.74. The molecule has 0 saturated carbocycles. The fourth-order valence-corrected chi connectivity index (χ4v) is 1.40. The number of fused-ring (bicyclic) bond motifs is 1. The van der Waals surface area contributed by atoms with Crippen LogP contribution >= 0.6 is 0 Å². The molecule has 0 aliphatic carbocycles. The summed E-state index contributed by atoms with van der Waals surface area (Å²) in [6.45, 7) is -0.251. The van der Waals surface area contributed by atoms with E-state index in [1.54, 1.807) is 0 Å². The van der Waals surface area contributed by atoms with Crippen LogP contribution in [-0.2, 0) is 0 Å². The normalized spacial score (nSPS) is 17.4. The highest BCUT2D eigenvalue weighted by atomic mass is 16.3. The molecule has 0 amide bonds. The number of benzene rings is 1. The van der Waals surface area contributed by atoms with E-state index in [-0.39, 0.29) is 12.8 Å². The molecule has 1 aliphatic rings. The summed E-state index contributed by atoms with van der Waals surface area (Å²) in [5.74, 6) is 0. The van der Waals surface area contributed by atoms with Gasteiger partial charge in [-0.2, -0.15) is 0 Å². The molecule has 1 aliphatic heterocycles. The van der Waals surface area contributed by atoms with Gasteiger partial charge in [0.1, 0.15) is 12.3 Å². The minimum atomic E-state index is -0.785. The Labute approximate surface area is 76.2 Å². The number of hydrogen-bond donors (Lipinski definition) is 4. The number of aliphatic hydroxyl groups excluding tert-OH is 2. The van der Waals surface area contributed by atoms with Crippen LogP contribution in [0.25, 0.3) is 0 Å². The van der Waals surface area contributed by atoms with Crippen molar-refractivity contribution in [2.75, 3.05) is 17.2 Å². The van der Waals surface area contributed by atoms with Gasteiger partial charge in [-0.25, -0.2) is 0 Å².